The monoisotopic (exact) mass is 243 g/mol. The smallest absolute Gasteiger partial charge is 0.224 e. The first-order valence-corrected chi connectivity index (χ1v) is 5.43. The maximum atomic E-state index is 10.8. The average molecular weight is 243 g/mol. The van der Waals surface area contributed by atoms with Crippen LogP contribution in [0.3, 0.4) is 0 Å². The third kappa shape index (κ3) is 2.32. The third-order valence-corrected chi connectivity index (χ3v) is 2.57. The van der Waals surface area contributed by atoms with E-state index in [9.17, 15) is 4.79 Å². The van der Waals surface area contributed by atoms with E-state index < -0.39 is 0 Å². The van der Waals surface area contributed by atoms with E-state index in [1.165, 1.54) is 0 Å². The summed E-state index contributed by atoms with van der Waals surface area (Å²) in [4.78, 5) is 15.0. The van der Waals surface area contributed by atoms with Crippen molar-refractivity contribution in [3.05, 3.63) is 42.0 Å². The lowest BCUT2D eigenvalue weighted by molar-refractivity contribution is 0.112. The standard InChI is InChI=1S/C14H13NO3/c1-17-13-7-6-12(14(15-13)18-2)11-5-3-4-10(8-11)9-16/h3-9H,1-2H3. The molecule has 0 saturated carbocycles. The van der Waals surface area contributed by atoms with Crippen molar-refractivity contribution in [2.45, 2.75) is 0 Å². The number of carbonyl (C=O) groups is 1. The molecule has 0 fully saturated rings. The summed E-state index contributed by atoms with van der Waals surface area (Å²) in [5.74, 6) is 0.958. The van der Waals surface area contributed by atoms with Gasteiger partial charge in [0, 0.05) is 17.2 Å². The lowest BCUT2D eigenvalue weighted by atomic mass is 10.0. The van der Waals surface area contributed by atoms with Crippen LogP contribution < -0.4 is 9.47 Å². The number of aromatic nitrogens is 1. The zero-order chi connectivity index (χ0) is 13.0. The van der Waals surface area contributed by atoms with Crippen LogP contribution >= 0.6 is 0 Å². The molecule has 2 aromatic rings. The molecule has 0 atom stereocenters. The molecule has 92 valence electrons. The molecule has 4 nitrogen and oxygen atoms in total. The van der Waals surface area contributed by atoms with Crippen LogP contribution in [0.5, 0.6) is 11.8 Å². The first-order chi connectivity index (χ1) is 8.78. The van der Waals surface area contributed by atoms with Crippen LogP contribution in [-0.2, 0) is 0 Å². The largest absolute Gasteiger partial charge is 0.481 e. The number of nitrogens with zero attached hydrogens (tertiary/aromatic N) is 1. The molecule has 0 saturated heterocycles. The normalized spacial score (nSPS) is 9.89. The highest BCUT2D eigenvalue weighted by molar-refractivity contribution is 5.80. The van der Waals surface area contributed by atoms with Crippen LogP contribution in [0.25, 0.3) is 11.1 Å². The summed E-state index contributed by atoms with van der Waals surface area (Å²) in [6.07, 6.45) is 0.812. The number of methoxy groups -OCH3 is 2. The van der Waals surface area contributed by atoms with Crippen LogP contribution in [0.4, 0.5) is 0 Å². The molecule has 2 rings (SSSR count). The molecule has 1 aromatic carbocycles. The van der Waals surface area contributed by atoms with E-state index in [1.54, 1.807) is 32.4 Å². The second kappa shape index (κ2) is 5.31. The maximum Gasteiger partial charge on any atom is 0.224 e. The van der Waals surface area contributed by atoms with Crippen molar-refractivity contribution in [1.82, 2.24) is 4.98 Å². The van der Waals surface area contributed by atoms with E-state index in [1.807, 2.05) is 18.2 Å². The second-order valence-corrected chi connectivity index (χ2v) is 3.65. The molecule has 0 aliphatic heterocycles. The summed E-state index contributed by atoms with van der Waals surface area (Å²) in [7, 11) is 3.10. The summed E-state index contributed by atoms with van der Waals surface area (Å²) in [5.41, 5.74) is 2.32. The van der Waals surface area contributed by atoms with Gasteiger partial charge in [0.25, 0.3) is 0 Å². The van der Waals surface area contributed by atoms with Gasteiger partial charge in [-0.3, -0.25) is 4.79 Å². The van der Waals surface area contributed by atoms with Gasteiger partial charge in [-0.05, 0) is 17.7 Å². The molecule has 0 N–H and O–H groups in total. The van der Waals surface area contributed by atoms with Gasteiger partial charge in [0.1, 0.15) is 6.29 Å². The van der Waals surface area contributed by atoms with E-state index >= 15 is 0 Å². The number of aldehydes is 1. The number of hydrogen-bond donors (Lipinski definition) is 0. The number of ether oxygens (including phenoxy) is 2. The molecular formula is C14H13NO3. The SMILES string of the molecule is COc1ccc(-c2cccc(C=O)c2)c(OC)n1. The topological polar surface area (TPSA) is 48.4 Å². The van der Waals surface area contributed by atoms with Gasteiger partial charge in [0.15, 0.2) is 0 Å². The molecule has 0 radical (unpaired) electrons. The van der Waals surface area contributed by atoms with Gasteiger partial charge >= 0.3 is 0 Å². The molecule has 1 aromatic heterocycles. The highest BCUT2D eigenvalue weighted by Crippen LogP contribution is 2.30. The van der Waals surface area contributed by atoms with Crippen molar-refractivity contribution in [3.8, 4) is 22.9 Å². The molecular weight excluding hydrogens is 230 g/mol. The Labute approximate surface area is 105 Å². The Morgan fingerprint density at radius 3 is 2.61 bits per heavy atom. The molecule has 18 heavy (non-hydrogen) atoms. The molecule has 1 heterocycles. The molecule has 0 spiro atoms. The van der Waals surface area contributed by atoms with Gasteiger partial charge in [-0.15, -0.1) is 0 Å². The van der Waals surface area contributed by atoms with Crippen molar-refractivity contribution >= 4 is 6.29 Å². The lowest BCUT2D eigenvalue weighted by Gasteiger charge is -2.09. The number of rotatable bonds is 4. The lowest BCUT2D eigenvalue weighted by Crippen LogP contribution is -1.95. The van der Waals surface area contributed by atoms with E-state index in [-0.39, 0.29) is 0 Å². The second-order valence-electron chi connectivity index (χ2n) is 3.65. The zero-order valence-electron chi connectivity index (χ0n) is 10.2. The van der Waals surface area contributed by atoms with Crippen LogP contribution in [-0.4, -0.2) is 25.5 Å². The van der Waals surface area contributed by atoms with Gasteiger partial charge in [0.05, 0.1) is 14.2 Å². The Morgan fingerprint density at radius 1 is 1.11 bits per heavy atom. The Bertz CT molecular complexity index is 567. The minimum Gasteiger partial charge on any atom is -0.481 e. The van der Waals surface area contributed by atoms with Crippen molar-refractivity contribution in [1.29, 1.82) is 0 Å². The number of hydrogen-bond acceptors (Lipinski definition) is 4. The highest BCUT2D eigenvalue weighted by atomic mass is 16.5. The quantitative estimate of drug-likeness (QED) is 0.774. The Kier molecular flexibility index (Phi) is 3.57. The Balaban J connectivity index is 2.52. The minimum absolute atomic E-state index is 0.470. The fourth-order valence-corrected chi connectivity index (χ4v) is 1.69. The molecule has 0 unspecified atom stereocenters. The van der Waals surface area contributed by atoms with Gasteiger partial charge in [-0.2, -0.15) is 4.98 Å². The summed E-state index contributed by atoms with van der Waals surface area (Å²) >= 11 is 0. The summed E-state index contributed by atoms with van der Waals surface area (Å²) in [5, 5.41) is 0. The van der Waals surface area contributed by atoms with Crippen LogP contribution in [0.15, 0.2) is 36.4 Å². The summed E-state index contributed by atoms with van der Waals surface area (Å²) in [6, 6.07) is 10.9. The van der Waals surface area contributed by atoms with Crippen molar-refractivity contribution in [3.63, 3.8) is 0 Å². The fourth-order valence-electron chi connectivity index (χ4n) is 1.69. The van der Waals surface area contributed by atoms with Crippen LogP contribution in [0, 0.1) is 0 Å². The van der Waals surface area contributed by atoms with Crippen LogP contribution in [0.2, 0.25) is 0 Å². The van der Waals surface area contributed by atoms with Gasteiger partial charge in [0.2, 0.25) is 11.8 Å². The number of benzene rings is 1. The van der Waals surface area contributed by atoms with E-state index in [0.717, 1.165) is 17.4 Å². The van der Waals surface area contributed by atoms with E-state index in [0.29, 0.717) is 17.3 Å². The molecule has 0 aliphatic rings. The molecule has 0 aliphatic carbocycles. The first-order valence-electron chi connectivity index (χ1n) is 5.43. The summed E-state index contributed by atoms with van der Waals surface area (Å²) < 4.78 is 10.3. The Hall–Kier alpha value is -2.36. The minimum atomic E-state index is 0.470. The Morgan fingerprint density at radius 2 is 1.94 bits per heavy atom. The van der Waals surface area contributed by atoms with Gasteiger partial charge < -0.3 is 9.47 Å². The molecule has 0 bridgehead atoms. The van der Waals surface area contributed by atoms with E-state index in [4.69, 9.17) is 9.47 Å². The number of carbonyl (C=O) groups excluding carboxylic acids is 1. The van der Waals surface area contributed by atoms with Crippen LogP contribution in [0.1, 0.15) is 10.4 Å². The van der Waals surface area contributed by atoms with Gasteiger partial charge in [-0.1, -0.05) is 18.2 Å². The maximum absolute atomic E-state index is 10.8. The van der Waals surface area contributed by atoms with Crippen molar-refractivity contribution < 1.29 is 14.3 Å². The predicted molar refractivity (Wildman–Crippen MR) is 68.2 cm³/mol. The third-order valence-electron chi connectivity index (χ3n) is 2.57. The average Bonchev–Trinajstić information content (AvgIpc) is 2.46. The predicted octanol–water partition coefficient (Wildman–Crippen LogP) is 2.58. The molecule has 0 amide bonds. The number of pyridine rings is 1. The van der Waals surface area contributed by atoms with Gasteiger partial charge in [-0.25, -0.2) is 0 Å². The molecule has 4 heteroatoms. The highest BCUT2D eigenvalue weighted by Gasteiger charge is 2.09. The van der Waals surface area contributed by atoms with E-state index in [2.05, 4.69) is 4.98 Å². The first kappa shape index (κ1) is 12.1. The fraction of sp³-hybridized carbons (Fsp3) is 0.143. The zero-order valence-corrected chi connectivity index (χ0v) is 10.2. The van der Waals surface area contributed by atoms with Crippen molar-refractivity contribution in [2.24, 2.45) is 0 Å². The van der Waals surface area contributed by atoms with Crippen molar-refractivity contribution in [2.75, 3.05) is 14.2 Å². The summed E-state index contributed by atoms with van der Waals surface area (Å²) in [6.45, 7) is 0.